The van der Waals surface area contributed by atoms with E-state index in [9.17, 15) is 18.0 Å². The Morgan fingerprint density at radius 2 is 2.17 bits per heavy atom. The lowest BCUT2D eigenvalue weighted by Gasteiger charge is -2.27. The molecule has 0 saturated heterocycles. The summed E-state index contributed by atoms with van der Waals surface area (Å²) in [6.45, 7) is 2.31. The number of carboxylic acid groups (broad SMARTS) is 1. The lowest BCUT2D eigenvalue weighted by molar-refractivity contribution is -0.202. The third kappa shape index (κ3) is 2.63. The first-order valence-electron chi connectivity index (χ1n) is 5.31. The van der Waals surface area contributed by atoms with Gasteiger partial charge in [-0.25, -0.2) is 9.78 Å². The number of carboxylic acids is 1. The maximum absolute atomic E-state index is 12.7. The zero-order valence-corrected chi connectivity index (χ0v) is 9.74. The van der Waals surface area contributed by atoms with Crippen LogP contribution in [0.1, 0.15) is 19.2 Å². The summed E-state index contributed by atoms with van der Waals surface area (Å²) in [4.78, 5) is 14.5. The largest absolute Gasteiger partial charge is 0.480 e. The van der Waals surface area contributed by atoms with E-state index in [0.717, 1.165) is 0 Å². The van der Waals surface area contributed by atoms with Gasteiger partial charge in [0.15, 0.2) is 0 Å². The van der Waals surface area contributed by atoms with Crippen molar-refractivity contribution >= 4 is 5.97 Å². The molecule has 5 nitrogen and oxygen atoms in total. The molecule has 0 fully saturated rings. The van der Waals surface area contributed by atoms with Crippen LogP contribution in [0.5, 0.6) is 0 Å². The Labute approximate surface area is 101 Å². The predicted molar refractivity (Wildman–Crippen MR) is 56.8 cm³/mol. The monoisotopic (exact) mass is 265 g/mol. The standard InChI is InChI=1S/C10H14F3N3O2/c1-2-4-16-5-3-15-7(16)6-9(14,8(17)18)10(11,12)13/h3,5H,2,4,6,14H2,1H3,(H,17,18). The highest BCUT2D eigenvalue weighted by atomic mass is 19.4. The number of rotatable bonds is 5. The molecule has 8 heteroatoms. The van der Waals surface area contributed by atoms with Gasteiger partial charge < -0.3 is 15.4 Å². The maximum atomic E-state index is 12.7. The summed E-state index contributed by atoms with van der Waals surface area (Å²) < 4.78 is 39.6. The fourth-order valence-corrected chi connectivity index (χ4v) is 1.50. The average Bonchev–Trinajstić information content (AvgIpc) is 2.64. The van der Waals surface area contributed by atoms with Crippen molar-refractivity contribution in [1.82, 2.24) is 9.55 Å². The third-order valence-corrected chi connectivity index (χ3v) is 2.59. The minimum Gasteiger partial charge on any atom is -0.480 e. The van der Waals surface area contributed by atoms with E-state index >= 15 is 0 Å². The van der Waals surface area contributed by atoms with Gasteiger partial charge in [0.05, 0.1) is 0 Å². The molecule has 0 aliphatic carbocycles. The lowest BCUT2D eigenvalue weighted by atomic mass is 9.95. The van der Waals surface area contributed by atoms with Crippen molar-refractivity contribution in [3.8, 4) is 0 Å². The van der Waals surface area contributed by atoms with Crippen LogP contribution >= 0.6 is 0 Å². The quantitative estimate of drug-likeness (QED) is 0.837. The number of imidazole rings is 1. The van der Waals surface area contributed by atoms with Gasteiger partial charge in [0.1, 0.15) is 5.82 Å². The van der Waals surface area contributed by atoms with Crippen LogP contribution in [0.2, 0.25) is 0 Å². The van der Waals surface area contributed by atoms with Gasteiger partial charge in [-0.3, -0.25) is 0 Å². The summed E-state index contributed by atoms with van der Waals surface area (Å²) in [6, 6.07) is 0. The van der Waals surface area contributed by atoms with Crippen LogP contribution in [0.25, 0.3) is 0 Å². The predicted octanol–water partition coefficient (Wildman–Crippen LogP) is 1.18. The van der Waals surface area contributed by atoms with E-state index in [1.807, 2.05) is 6.92 Å². The summed E-state index contributed by atoms with van der Waals surface area (Å²) in [5.41, 5.74) is 1.68. The number of aryl methyl sites for hydroxylation is 1. The van der Waals surface area contributed by atoms with E-state index in [1.54, 1.807) is 0 Å². The van der Waals surface area contributed by atoms with Crippen LogP contribution in [0.3, 0.4) is 0 Å². The topological polar surface area (TPSA) is 81.1 Å². The van der Waals surface area contributed by atoms with Crippen LogP contribution < -0.4 is 5.73 Å². The first-order valence-corrected chi connectivity index (χ1v) is 5.31. The molecular weight excluding hydrogens is 251 g/mol. The molecule has 1 aromatic heterocycles. The zero-order valence-electron chi connectivity index (χ0n) is 9.74. The number of hydrogen-bond acceptors (Lipinski definition) is 3. The van der Waals surface area contributed by atoms with Crippen LogP contribution in [-0.2, 0) is 17.8 Å². The molecule has 0 saturated carbocycles. The SMILES string of the molecule is CCCn1ccnc1CC(N)(C(=O)O)C(F)(F)F. The van der Waals surface area contributed by atoms with Crippen molar-refractivity contribution in [2.75, 3.05) is 0 Å². The summed E-state index contributed by atoms with van der Waals surface area (Å²) in [5, 5.41) is 8.71. The highest BCUT2D eigenvalue weighted by molar-refractivity contribution is 5.80. The van der Waals surface area contributed by atoms with Gasteiger partial charge in [0, 0.05) is 25.4 Å². The Morgan fingerprint density at radius 1 is 1.56 bits per heavy atom. The number of aromatic nitrogens is 2. The first kappa shape index (κ1) is 14.5. The van der Waals surface area contributed by atoms with Crippen molar-refractivity contribution in [1.29, 1.82) is 0 Å². The van der Waals surface area contributed by atoms with Crippen molar-refractivity contribution in [3.05, 3.63) is 18.2 Å². The van der Waals surface area contributed by atoms with Crippen LogP contribution in [0.4, 0.5) is 13.2 Å². The summed E-state index contributed by atoms with van der Waals surface area (Å²) in [6.07, 6.45) is -2.41. The van der Waals surface area contributed by atoms with Crippen molar-refractivity contribution in [2.24, 2.45) is 5.73 Å². The van der Waals surface area contributed by atoms with Crippen molar-refractivity contribution in [3.63, 3.8) is 0 Å². The molecule has 0 amide bonds. The highest BCUT2D eigenvalue weighted by Crippen LogP contribution is 2.31. The zero-order chi connectivity index (χ0) is 14.0. The number of aliphatic carboxylic acids is 1. The molecule has 18 heavy (non-hydrogen) atoms. The molecule has 0 aliphatic heterocycles. The Bertz CT molecular complexity index is 430. The molecule has 0 bridgehead atoms. The maximum Gasteiger partial charge on any atom is 0.417 e. The van der Waals surface area contributed by atoms with Gasteiger partial charge in [0.25, 0.3) is 0 Å². The van der Waals surface area contributed by atoms with Crippen molar-refractivity contribution < 1.29 is 23.1 Å². The fraction of sp³-hybridized carbons (Fsp3) is 0.600. The summed E-state index contributed by atoms with van der Waals surface area (Å²) >= 11 is 0. The molecule has 1 rings (SSSR count). The van der Waals surface area contributed by atoms with Gasteiger partial charge >= 0.3 is 12.1 Å². The second-order valence-electron chi connectivity index (χ2n) is 3.99. The molecule has 102 valence electrons. The smallest absolute Gasteiger partial charge is 0.417 e. The lowest BCUT2D eigenvalue weighted by Crippen LogP contribution is -2.61. The second kappa shape index (κ2) is 4.97. The van der Waals surface area contributed by atoms with Gasteiger partial charge in [-0.05, 0) is 6.42 Å². The van der Waals surface area contributed by atoms with E-state index in [-0.39, 0.29) is 5.82 Å². The molecule has 1 heterocycles. The molecule has 3 N–H and O–H groups in total. The minimum absolute atomic E-state index is 0.0130. The van der Waals surface area contributed by atoms with E-state index in [4.69, 9.17) is 10.8 Å². The average molecular weight is 265 g/mol. The van der Waals surface area contributed by atoms with Gasteiger partial charge in [0.2, 0.25) is 5.54 Å². The molecule has 1 unspecified atom stereocenters. The normalized spacial score (nSPS) is 15.4. The number of hydrogen-bond donors (Lipinski definition) is 2. The van der Waals surface area contributed by atoms with Gasteiger partial charge in [-0.2, -0.15) is 13.2 Å². The molecule has 1 aromatic rings. The van der Waals surface area contributed by atoms with E-state index in [1.165, 1.54) is 17.0 Å². The number of nitrogens with zero attached hydrogens (tertiary/aromatic N) is 2. The highest BCUT2D eigenvalue weighted by Gasteiger charge is 2.58. The second-order valence-corrected chi connectivity index (χ2v) is 3.99. The molecule has 0 radical (unpaired) electrons. The summed E-state index contributed by atoms with van der Waals surface area (Å²) in [7, 11) is 0. The van der Waals surface area contributed by atoms with Crippen molar-refractivity contribution in [2.45, 2.75) is 38.0 Å². The molecule has 1 atom stereocenters. The molecule has 0 aromatic carbocycles. The first-order chi connectivity index (χ1) is 8.22. The number of alkyl halides is 3. The van der Waals surface area contributed by atoms with E-state index < -0.39 is 24.1 Å². The molecule has 0 aliphatic rings. The Balaban J connectivity index is 3.05. The Kier molecular flexibility index (Phi) is 4.00. The van der Waals surface area contributed by atoms with Crippen LogP contribution in [0.15, 0.2) is 12.4 Å². The number of halogens is 3. The van der Waals surface area contributed by atoms with Crippen LogP contribution in [0, 0.1) is 0 Å². The Hall–Kier alpha value is -1.57. The van der Waals surface area contributed by atoms with E-state index in [0.29, 0.717) is 13.0 Å². The van der Waals surface area contributed by atoms with Gasteiger partial charge in [-0.1, -0.05) is 6.92 Å². The summed E-state index contributed by atoms with van der Waals surface area (Å²) in [5.74, 6) is -2.10. The molecule has 0 spiro atoms. The number of carbonyl (C=O) groups is 1. The van der Waals surface area contributed by atoms with E-state index in [2.05, 4.69) is 4.98 Å². The van der Waals surface area contributed by atoms with Gasteiger partial charge in [-0.15, -0.1) is 0 Å². The third-order valence-electron chi connectivity index (χ3n) is 2.59. The fourth-order valence-electron chi connectivity index (χ4n) is 1.50. The number of nitrogens with two attached hydrogens (primary N) is 1. The Morgan fingerprint density at radius 3 is 2.61 bits per heavy atom. The van der Waals surface area contributed by atoms with Crippen LogP contribution in [-0.4, -0.2) is 32.3 Å². The minimum atomic E-state index is -5.04. The molecular formula is C10H14F3N3O2.